The normalized spacial score (nSPS) is 19.2. The molecule has 1 heterocycles. The number of carbonyl (C=O) groups excluding carboxylic acids is 1. The third kappa shape index (κ3) is 4.07. The molecule has 0 atom stereocenters. The number of aliphatic imine (C=N–C) groups is 1. The van der Waals surface area contributed by atoms with Crippen molar-refractivity contribution in [3.8, 4) is 0 Å². The quantitative estimate of drug-likeness (QED) is 0.598. The third-order valence-electron chi connectivity index (χ3n) is 1.39. The second-order valence-electron chi connectivity index (χ2n) is 3.97. The van der Waals surface area contributed by atoms with Crippen molar-refractivity contribution in [1.29, 1.82) is 0 Å². The molecule has 14 heavy (non-hydrogen) atoms. The number of nitrogens with zero attached hydrogens (tertiary/aromatic N) is 1. The van der Waals surface area contributed by atoms with Gasteiger partial charge in [0.05, 0.1) is 6.61 Å². The molecule has 0 aromatic carbocycles. The van der Waals surface area contributed by atoms with Gasteiger partial charge in [0, 0.05) is 0 Å². The van der Waals surface area contributed by atoms with Crippen molar-refractivity contribution in [2.45, 2.75) is 32.8 Å². The first-order valence-electron chi connectivity index (χ1n) is 4.58. The fourth-order valence-corrected chi connectivity index (χ4v) is 0.908. The number of ether oxygens (including phenoxy) is 2. The van der Waals surface area contributed by atoms with Gasteiger partial charge in [-0.3, -0.25) is 0 Å². The van der Waals surface area contributed by atoms with E-state index in [2.05, 4.69) is 4.99 Å². The van der Waals surface area contributed by atoms with Gasteiger partial charge in [0.25, 0.3) is 0 Å². The molecule has 0 spiro atoms. The summed E-state index contributed by atoms with van der Waals surface area (Å²) < 4.78 is 10.1. The molecule has 0 aromatic rings. The summed E-state index contributed by atoms with van der Waals surface area (Å²) in [6, 6.07) is 0. The molecule has 4 nitrogen and oxygen atoms in total. The lowest BCUT2D eigenvalue weighted by atomic mass is 10.2. The van der Waals surface area contributed by atoms with Crippen molar-refractivity contribution >= 4 is 12.0 Å². The first-order valence-corrected chi connectivity index (χ1v) is 4.58. The average molecular weight is 197 g/mol. The summed E-state index contributed by atoms with van der Waals surface area (Å²) in [4.78, 5) is 14.9. The minimum Gasteiger partial charge on any atom is -0.477 e. The van der Waals surface area contributed by atoms with Gasteiger partial charge in [-0.05, 0) is 33.3 Å². The van der Waals surface area contributed by atoms with Crippen LogP contribution in [0.25, 0.3) is 0 Å². The topological polar surface area (TPSA) is 47.9 Å². The summed E-state index contributed by atoms with van der Waals surface area (Å²) in [7, 11) is 0. The zero-order chi connectivity index (χ0) is 10.6. The molecule has 1 aliphatic heterocycles. The fourth-order valence-electron chi connectivity index (χ4n) is 0.908. The summed E-state index contributed by atoms with van der Waals surface area (Å²) in [6.45, 7) is 5.95. The van der Waals surface area contributed by atoms with Crippen molar-refractivity contribution in [2.75, 3.05) is 6.61 Å². The molecule has 0 bridgehead atoms. The third-order valence-corrected chi connectivity index (χ3v) is 1.39. The SMILES string of the molecule is CC(C)(C)OC(=O)N=C1C=CCCO1. The van der Waals surface area contributed by atoms with Crippen LogP contribution in [0.2, 0.25) is 0 Å². The molecule has 0 fully saturated rings. The van der Waals surface area contributed by atoms with Crippen LogP contribution in [-0.4, -0.2) is 24.2 Å². The van der Waals surface area contributed by atoms with E-state index in [-0.39, 0.29) is 0 Å². The molecule has 78 valence electrons. The molecule has 1 rings (SSSR count). The lowest BCUT2D eigenvalue weighted by Gasteiger charge is -2.17. The van der Waals surface area contributed by atoms with Gasteiger partial charge in [-0.15, -0.1) is 4.99 Å². The van der Waals surface area contributed by atoms with Crippen LogP contribution >= 0.6 is 0 Å². The number of hydrogen-bond donors (Lipinski definition) is 0. The molecule has 0 saturated carbocycles. The lowest BCUT2D eigenvalue weighted by Crippen LogP contribution is -2.23. The summed E-state index contributed by atoms with van der Waals surface area (Å²) in [6.07, 6.45) is 3.83. The van der Waals surface area contributed by atoms with E-state index >= 15 is 0 Å². The van der Waals surface area contributed by atoms with Gasteiger partial charge < -0.3 is 9.47 Å². The highest BCUT2D eigenvalue weighted by atomic mass is 16.6. The van der Waals surface area contributed by atoms with E-state index in [1.54, 1.807) is 26.8 Å². The van der Waals surface area contributed by atoms with Crippen LogP contribution in [0.1, 0.15) is 27.2 Å². The van der Waals surface area contributed by atoms with Crippen molar-refractivity contribution < 1.29 is 14.3 Å². The Balaban J connectivity index is 2.54. The molecule has 0 aliphatic carbocycles. The van der Waals surface area contributed by atoms with Crippen LogP contribution in [0.15, 0.2) is 17.1 Å². The van der Waals surface area contributed by atoms with Gasteiger partial charge in [-0.2, -0.15) is 0 Å². The predicted octanol–water partition coefficient (Wildman–Crippen LogP) is 2.30. The van der Waals surface area contributed by atoms with E-state index in [0.29, 0.717) is 12.5 Å². The molecular formula is C10H15NO3. The summed E-state index contributed by atoms with van der Waals surface area (Å²) in [5, 5.41) is 0. The number of carbonyl (C=O) groups is 1. The first-order chi connectivity index (χ1) is 6.47. The maximum atomic E-state index is 11.2. The zero-order valence-corrected chi connectivity index (χ0v) is 8.74. The van der Waals surface area contributed by atoms with E-state index < -0.39 is 11.7 Å². The Kier molecular flexibility index (Phi) is 3.28. The molecular weight excluding hydrogens is 182 g/mol. The number of amides is 1. The molecule has 0 aromatic heterocycles. The predicted molar refractivity (Wildman–Crippen MR) is 53.4 cm³/mol. The number of hydrogen-bond acceptors (Lipinski definition) is 3. The van der Waals surface area contributed by atoms with Gasteiger partial charge in [0.15, 0.2) is 0 Å². The van der Waals surface area contributed by atoms with E-state index in [4.69, 9.17) is 9.47 Å². The maximum Gasteiger partial charge on any atom is 0.437 e. The lowest BCUT2D eigenvalue weighted by molar-refractivity contribution is 0.0599. The highest BCUT2D eigenvalue weighted by molar-refractivity contribution is 5.95. The van der Waals surface area contributed by atoms with E-state index in [0.717, 1.165) is 6.42 Å². The highest BCUT2D eigenvalue weighted by Crippen LogP contribution is 2.09. The van der Waals surface area contributed by atoms with Gasteiger partial charge in [-0.25, -0.2) is 4.79 Å². The second kappa shape index (κ2) is 4.26. The molecule has 1 amide bonds. The summed E-state index contributed by atoms with van der Waals surface area (Å²) in [5.41, 5.74) is -0.514. The Morgan fingerprint density at radius 1 is 1.57 bits per heavy atom. The van der Waals surface area contributed by atoms with Crippen LogP contribution < -0.4 is 0 Å². The van der Waals surface area contributed by atoms with E-state index in [9.17, 15) is 4.79 Å². The summed E-state index contributed by atoms with van der Waals surface area (Å²) in [5.74, 6) is 0.325. The molecule has 0 unspecified atom stereocenters. The molecule has 0 N–H and O–H groups in total. The van der Waals surface area contributed by atoms with Crippen molar-refractivity contribution in [3.05, 3.63) is 12.2 Å². The van der Waals surface area contributed by atoms with E-state index in [1.807, 2.05) is 6.08 Å². The zero-order valence-electron chi connectivity index (χ0n) is 8.74. The largest absolute Gasteiger partial charge is 0.477 e. The van der Waals surface area contributed by atoms with Crippen molar-refractivity contribution in [2.24, 2.45) is 4.99 Å². The van der Waals surface area contributed by atoms with Gasteiger partial charge in [0.1, 0.15) is 5.60 Å². The van der Waals surface area contributed by atoms with Crippen LogP contribution in [0.4, 0.5) is 4.79 Å². The smallest absolute Gasteiger partial charge is 0.437 e. The molecule has 0 saturated heterocycles. The standard InChI is InChI=1S/C10H15NO3/c1-10(2,3)14-9(12)11-8-6-4-5-7-13-8/h4,6H,5,7H2,1-3H3. The van der Waals surface area contributed by atoms with Crippen LogP contribution in [-0.2, 0) is 9.47 Å². The van der Waals surface area contributed by atoms with Crippen molar-refractivity contribution in [1.82, 2.24) is 0 Å². The number of rotatable bonds is 0. The monoisotopic (exact) mass is 197 g/mol. The minimum atomic E-state index is -0.612. The van der Waals surface area contributed by atoms with Gasteiger partial charge >= 0.3 is 6.09 Å². The van der Waals surface area contributed by atoms with Crippen molar-refractivity contribution in [3.63, 3.8) is 0 Å². The van der Waals surface area contributed by atoms with Crippen LogP contribution in [0.5, 0.6) is 0 Å². The average Bonchev–Trinajstić information content (AvgIpc) is 2.02. The Morgan fingerprint density at radius 3 is 2.79 bits per heavy atom. The maximum absolute atomic E-state index is 11.2. The molecule has 1 aliphatic rings. The Morgan fingerprint density at radius 2 is 2.29 bits per heavy atom. The fraction of sp³-hybridized carbons (Fsp3) is 0.600. The Labute approximate surface area is 83.6 Å². The second-order valence-corrected chi connectivity index (χ2v) is 3.97. The Hall–Kier alpha value is -1.32. The van der Waals surface area contributed by atoms with Crippen LogP contribution in [0.3, 0.4) is 0 Å². The summed E-state index contributed by atoms with van der Waals surface area (Å²) >= 11 is 0. The van der Waals surface area contributed by atoms with Gasteiger partial charge in [0.2, 0.25) is 5.90 Å². The molecule has 0 radical (unpaired) electrons. The van der Waals surface area contributed by atoms with Crippen LogP contribution in [0, 0.1) is 0 Å². The van der Waals surface area contributed by atoms with E-state index in [1.165, 1.54) is 0 Å². The highest BCUT2D eigenvalue weighted by Gasteiger charge is 2.16. The molecule has 4 heteroatoms. The van der Waals surface area contributed by atoms with Gasteiger partial charge in [-0.1, -0.05) is 6.08 Å². The minimum absolute atomic E-state index is 0.325. The Bertz CT molecular complexity index is 274. The first kappa shape index (κ1) is 10.8.